The fourth-order valence-corrected chi connectivity index (χ4v) is 3.55. The molecule has 0 spiro atoms. The van der Waals surface area contributed by atoms with Crippen LogP contribution in [0.5, 0.6) is 0 Å². The quantitative estimate of drug-likeness (QED) is 0.560. The van der Waals surface area contributed by atoms with Gasteiger partial charge in [-0.1, -0.05) is 66.0 Å². The Bertz CT molecular complexity index is 1060. The summed E-state index contributed by atoms with van der Waals surface area (Å²) in [6, 6.07) is 11.6. The van der Waals surface area contributed by atoms with Crippen molar-refractivity contribution in [3.05, 3.63) is 75.3 Å². The Morgan fingerprint density at radius 3 is 2.33 bits per heavy atom. The fourth-order valence-electron chi connectivity index (χ4n) is 2.99. The van der Waals surface area contributed by atoms with Crippen molar-refractivity contribution in [2.24, 2.45) is 0 Å². The van der Waals surface area contributed by atoms with Crippen LogP contribution >= 0.6 is 23.2 Å². The number of hydrogen-bond acceptors (Lipinski definition) is 4. The van der Waals surface area contributed by atoms with Crippen LogP contribution in [-0.2, 0) is 11.2 Å². The molecular weight excluding hydrogens is 427 g/mol. The number of amides is 1. The number of rotatable bonds is 7. The summed E-state index contributed by atoms with van der Waals surface area (Å²) in [6.45, 7) is 3.80. The first-order valence-electron chi connectivity index (χ1n) is 9.29. The number of carboxylic acids is 1. The first-order valence-corrected chi connectivity index (χ1v) is 10.0. The number of para-hydroxylation sites is 1. The van der Waals surface area contributed by atoms with Gasteiger partial charge in [-0.25, -0.2) is 9.67 Å². The molecule has 2 N–H and O–H groups in total. The predicted octanol–water partition coefficient (Wildman–Crippen LogP) is 4.39. The van der Waals surface area contributed by atoms with E-state index in [1.165, 1.54) is 4.68 Å². The molecule has 1 unspecified atom stereocenters. The van der Waals surface area contributed by atoms with Gasteiger partial charge >= 0.3 is 5.97 Å². The van der Waals surface area contributed by atoms with Crippen molar-refractivity contribution >= 4 is 35.1 Å². The van der Waals surface area contributed by atoms with E-state index in [2.05, 4.69) is 15.4 Å². The number of carbonyl (C=O) groups excluding carboxylic acids is 1. The van der Waals surface area contributed by atoms with E-state index in [1.807, 2.05) is 26.0 Å². The molecule has 7 nitrogen and oxygen atoms in total. The lowest BCUT2D eigenvalue weighted by Crippen LogP contribution is -2.31. The average Bonchev–Trinajstić information content (AvgIpc) is 3.12. The molecule has 0 aliphatic heterocycles. The van der Waals surface area contributed by atoms with Gasteiger partial charge in [0, 0.05) is 6.42 Å². The molecule has 2 aromatic carbocycles. The summed E-state index contributed by atoms with van der Waals surface area (Å²) < 4.78 is 1.44. The minimum Gasteiger partial charge on any atom is -0.481 e. The Balaban J connectivity index is 1.93. The lowest BCUT2D eigenvalue weighted by molar-refractivity contribution is -0.137. The van der Waals surface area contributed by atoms with E-state index in [4.69, 9.17) is 23.2 Å². The van der Waals surface area contributed by atoms with Gasteiger partial charge in [-0.15, -0.1) is 5.10 Å². The van der Waals surface area contributed by atoms with E-state index in [1.54, 1.807) is 30.3 Å². The van der Waals surface area contributed by atoms with Crippen LogP contribution in [0.4, 0.5) is 0 Å². The van der Waals surface area contributed by atoms with Gasteiger partial charge in [0.15, 0.2) is 0 Å². The second-order valence-corrected chi connectivity index (χ2v) is 7.54. The van der Waals surface area contributed by atoms with Gasteiger partial charge in [0.1, 0.15) is 11.5 Å². The maximum absolute atomic E-state index is 12.9. The average molecular weight is 447 g/mol. The third-order valence-electron chi connectivity index (χ3n) is 4.51. The van der Waals surface area contributed by atoms with Gasteiger partial charge in [-0.2, -0.15) is 0 Å². The van der Waals surface area contributed by atoms with Crippen molar-refractivity contribution in [3.8, 4) is 5.69 Å². The van der Waals surface area contributed by atoms with Crippen molar-refractivity contribution in [2.75, 3.05) is 0 Å². The summed E-state index contributed by atoms with van der Waals surface area (Å²) in [4.78, 5) is 28.5. The molecule has 30 heavy (non-hydrogen) atoms. The summed E-state index contributed by atoms with van der Waals surface area (Å²) in [5.41, 5.74) is 2.15. The number of aromatic nitrogens is 3. The Labute approximate surface area is 183 Å². The lowest BCUT2D eigenvalue weighted by Gasteiger charge is -2.16. The molecular formula is C21H20Cl2N4O3. The molecule has 0 fully saturated rings. The van der Waals surface area contributed by atoms with Crippen LogP contribution in [0.25, 0.3) is 5.69 Å². The van der Waals surface area contributed by atoms with Crippen LogP contribution in [-0.4, -0.2) is 31.7 Å². The van der Waals surface area contributed by atoms with E-state index >= 15 is 0 Å². The maximum Gasteiger partial charge on any atom is 0.305 e. The summed E-state index contributed by atoms with van der Waals surface area (Å²) >= 11 is 12.6. The highest BCUT2D eigenvalue weighted by atomic mass is 35.5. The van der Waals surface area contributed by atoms with Gasteiger partial charge in [0.05, 0.1) is 22.5 Å². The van der Waals surface area contributed by atoms with Crippen LogP contribution in [0, 0.1) is 6.92 Å². The number of nitrogens with one attached hydrogen (secondary N) is 1. The number of aryl methyl sites for hydroxylation is 2. The third-order valence-corrected chi connectivity index (χ3v) is 5.12. The molecule has 1 atom stereocenters. The highest BCUT2D eigenvalue weighted by molar-refractivity contribution is 6.37. The molecule has 156 valence electrons. The van der Waals surface area contributed by atoms with Crippen LogP contribution in [0.1, 0.15) is 47.0 Å². The Hall–Kier alpha value is -2.90. The second-order valence-electron chi connectivity index (χ2n) is 6.72. The third kappa shape index (κ3) is 4.80. The van der Waals surface area contributed by atoms with Gasteiger partial charge in [0.2, 0.25) is 5.82 Å². The Morgan fingerprint density at radius 1 is 1.13 bits per heavy atom. The molecule has 3 rings (SSSR count). The van der Waals surface area contributed by atoms with E-state index in [0.717, 1.165) is 5.56 Å². The second kappa shape index (κ2) is 9.28. The first kappa shape index (κ1) is 21.8. The largest absolute Gasteiger partial charge is 0.481 e. The Morgan fingerprint density at radius 2 is 1.77 bits per heavy atom. The van der Waals surface area contributed by atoms with E-state index < -0.39 is 17.9 Å². The number of aliphatic carboxylic acids is 1. The van der Waals surface area contributed by atoms with Crippen molar-refractivity contribution in [3.63, 3.8) is 0 Å². The molecule has 0 saturated heterocycles. The normalized spacial score (nSPS) is 11.9. The molecule has 1 heterocycles. The summed E-state index contributed by atoms with van der Waals surface area (Å²) in [5.74, 6) is -1.21. The van der Waals surface area contributed by atoms with Crippen molar-refractivity contribution in [2.45, 2.75) is 32.7 Å². The van der Waals surface area contributed by atoms with Gasteiger partial charge < -0.3 is 10.4 Å². The van der Waals surface area contributed by atoms with Crippen molar-refractivity contribution < 1.29 is 14.7 Å². The highest BCUT2D eigenvalue weighted by Crippen LogP contribution is 2.29. The predicted molar refractivity (Wildman–Crippen MR) is 114 cm³/mol. The molecule has 1 aromatic heterocycles. The number of carbonyl (C=O) groups is 2. The van der Waals surface area contributed by atoms with Crippen molar-refractivity contribution in [1.29, 1.82) is 0 Å². The van der Waals surface area contributed by atoms with E-state index in [-0.39, 0.29) is 12.2 Å². The smallest absolute Gasteiger partial charge is 0.305 e. The molecule has 0 saturated carbocycles. The zero-order valence-corrected chi connectivity index (χ0v) is 17.9. The van der Waals surface area contributed by atoms with Gasteiger partial charge in [0.25, 0.3) is 5.91 Å². The van der Waals surface area contributed by atoms with Crippen molar-refractivity contribution in [1.82, 2.24) is 20.1 Å². The number of hydrogen-bond donors (Lipinski definition) is 2. The number of nitrogens with zero attached hydrogens (tertiary/aromatic N) is 3. The minimum absolute atomic E-state index is 0.0923. The van der Waals surface area contributed by atoms with Gasteiger partial charge in [-0.3, -0.25) is 9.59 Å². The van der Waals surface area contributed by atoms with E-state index in [0.29, 0.717) is 33.5 Å². The Kier molecular flexibility index (Phi) is 6.74. The van der Waals surface area contributed by atoms with E-state index in [9.17, 15) is 14.7 Å². The molecule has 0 radical (unpaired) electrons. The summed E-state index contributed by atoms with van der Waals surface area (Å²) in [7, 11) is 0. The van der Waals surface area contributed by atoms with Crippen LogP contribution < -0.4 is 5.32 Å². The summed E-state index contributed by atoms with van der Waals surface area (Å²) in [5, 5.41) is 17.0. The monoisotopic (exact) mass is 446 g/mol. The summed E-state index contributed by atoms with van der Waals surface area (Å²) in [6.07, 6.45) is 0.213. The zero-order valence-electron chi connectivity index (χ0n) is 16.4. The molecule has 1 amide bonds. The minimum atomic E-state index is -1.03. The SMILES string of the molecule is CCc1nc(C(=O)NC(CC(=O)O)c2ccc(C)cc2)nn1-c1c(Cl)cccc1Cl. The lowest BCUT2D eigenvalue weighted by atomic mass is 10.0. The molecule has 3 aromatic rings. The molecule has 0 bridgehead atoms. The van der Waals surface area contributed by atoms with Crippen LogP contribution in [0.3, 0.4) is 0 Å². The van der Waals surface area contributed by atoms with Crippen LogP contribution in [0.2, 0.25) is 10.0 Å². The maximum atomic E-state index is 12.9. The van der Waals surface area contributed by atoms with Gasteiger partial charge in [-0.05, 0) is 24.6 Å². The number of halogens is 2. The zero-order chi connectivity index (χ0) is 21.8. The molecule has 0 aliphatic rings. The highest BCUT2D eigenvalue weighted by Gasteiger charge is 2.24. The number of carboxylic acid groups (broad SMARTS) is 1. The van der Waals surface area contributed by atoms with Crippen LogP contribution in [0.15, 0.2) is 42.5 Å². The standard InChI is InChI=1S/C21H20Cl2N4O3/c1-3-17-25-20(26-27(17)19-14(22)5-4-6-15(19)23)21(30)24-16(11-18(28)29)13-9-7-12(2)8-10-13/h4-10,16H,3,11H2,1-2H3,(H,24,30)(H,28,29). The number of benzene rings is 2. The fraction of sp³-hybridized carbons (Fsp3) is 0.238. The first-order chi connectivity index (χ1) is 14.3. The molecule has 9 heteroatoms. The topological polar surface area (TPSA) is 97.1 Å². The molecule has 0 aliphatic carbocycles.